The number of benzene rings is 1. The SMILES string of the molecule is C[C@H]1CC[C@H](c2ccc3sc(C4CCN(C)CC4)nc3c2)N(C(=O)C(=O)Nc2cnc(N)c(C3CC3)c2)C1. The van der Waals surface area contributed by atoms with Gasteiger partial charge in [-0.05, 0) is 99.8 Å². The zero-order valence-corrected chi connectivity index (χ0v) is 23.0. The number of aromatic nitrogens is 2. The van der Waals surface area contributed by atoms with Crippen molar-refractivity contribution in [1.82, 2.24) is 19.8 Å². The van der Waals surface area contributed by atoms with E-state index < -0.39 is 11.8 Å². The van der Waals surface area contributed by atoms with Crippen molar-refractivity contribution in [3.63, 3.8) is 0 Å². The number of pyridine rings is 1. The molecular weight excluding hydrogens is 496 g/mol. The smallest absolute Gasteiger partial charge is 0.313 e. The topological polar surface area (TPSA) is 104 Å². The fourth-order valence-corrected chi connectivity index (χ4v) is 7.04. The van der Waals surface area contributed by atoms with Gasteiger partial charge in [0.15, 0.2) is 0 Å². The first-order chi connectivity index (χ1) is 18.4. The number of hydrogen-bond donors (Lipinski definition) is 2. The molecule has 3 N–H and O–H groups in total. The van der Waals surface area contributed by atoms with E-state index in [0.29, 0.717) is 35.8 Å². The predicted molar refractivity (Wildman–Crippen MR) is 151 cm³/mol. The summed E-state index contributed by atoms with van der Waals surface area (Å²) in [7, 11) is 2.18. The number of nitrogens with one attached hydrogen (secondary N) is 1. The number of piperidine rings is 2. The monoisotopic (exact) mass is 532 g/mol. The quantitative estimate of drug-likeness (QED) is 0.463. The van der Waals surface area contributed by atoms with Crippen LogP contribution in [-0.2, 0) is 9.59 Å². The lowest BCUT2D eigenvalue weighted by molar-refractivity contribution is -0.146. The maximum absolute atomic E-state index is 13.5. The Balaban J connectivity index is 1.21. The molecule has 0 radical (unpaired) electrons. The third-order valence-corrected chi connectivity index (χ3v) is 9.58. The second-order valence-corrected chi connectivity index (χ2v) is 12.5. The highest BCUT2D eigenvalue weighted by Gasteiger charge is 2.35. The van der Waals surface area contributed by atoms with Crippen LogP contribution in [0.15, 0.2) is 30.5 Å². The molecule has 6 rings (SSSR count). The number of fused-ring (bicyclic) bond motifs is 1. The van der Waals surface area contributed by atoms with Crippen molar-refractivity contribution in [1.29, 1.82) is 0 Å². The number of nitrogens with two attached hydrogens (primary N) is 1. The van der Waals surface area contributed by atoms with Gasteiger partial charge in [0.05, 0.1) is 33.2 Å². The van der Waals surface area contributed by atoms with Crippen LogP contribution in [0.25, 0.3) is 10.2 Å². The molecule has 1 aliphatic carbocycles. The average molecular weight is 533 g/mol. The number of nitrogen functional groups attached to an aromatic ring is 1. The Labute approximate surface area is 227 Å². The summed E-state index contributed by atoms with van der Waals surface area (Å²) in [5.74, 6) is 0.629. The molecule has 2 aliphatic heterocycles. The normalized spacial score (nSPS) is 23.1. The maximum atomic E-state index is 13.5. The number of carbonyl (C=O) groups is 2. The van der Waals surface area contributed by atoms with Crippen LogP contribution in [0.1, 0.15) is 79.5 Å². The molecule has 3 fully saturated rings. The Bertz CT molecular complexity index is 1360. The second kappa shape index (κ2) is 10.3. The zero-order valence-electron chi connectivity index (χ0n) is 22.2. The van der Waals surface area contributed by atoms with Crippen LogP contribution < -0.4 is 11.1 Å². The standard InChI is InChI=1S/C29H36N6O2S/c1-17-3-7-24(20-6-8-25-23(13-20)33-28(38-25)19-9-11-34(2)12-10-19)35(16-17)29(37)27(36)32-21-14-22(18-4-5-18)26(30)31-15-21/h6,8,13-15,17-19,24H,3-5,7,9-12,16H2,1-2H3,(H2,30,31)(H,32,36)/t17-,24+/m0/s1. The van der Waals surface area contributed by atoms with Gasteiger partial charge in [0.25, 0.3) is 0 Å². The number of rotatable bonds is 4. The Morgan fingerprint density at radius 1 is 1.05 bits per heavy atom. The van der Waals surface area contributed by atoms with E-state index in [2.05, 4.69) is 47.4 Å². The van der Waals surface area contributed by atoms with Gasteiger partial charge in [0.1, 0.15) is 5.82 Å². The van der Waals surface area contributed by atoms with Crippen LogP contribution >= 0.6 is 11.3 Å². The number of amides is 2. The highest BCUT2D eigenvalue weighted by molar-refractivity contribution is 7.18. The van der Waals surface area contributed by atoms with Gasteiger partial charge in [-0.2, -0.15) is 0 Å². The van der Waals surface area contributed by atoms with Crippen molar-refractivity contribution >= 4 is 44.9 Å². The molecule has 0 unspecified atom stereocenters. The Morgan fingerprint density at radius 3 is 2.61 bits per heavy atom. The van der Waals surface area contributed by atoms with Crippen molar-refractivity contribution < 1.29 is 9.59 Å². The minimum Gasteiger partial charge on any atom is -0.383 e. The van der Waals surface area contributed by atoms with E-state index in [9.17, 15) is 9.59 Å². The van der Waals surface area contributed by atoms with E-state index >= 15 is 0 Å². The summed E-state index contributed by atoms with van der Waals surface area (Å²) in [6.45, 7) is 4.91. The minimum absolute atomic E-state index is 0.145. The number of thiazole rings is 1. The third kappa shape index (κ3) is 5.14. The first kappa shape index (κ1) is 25.2. The van der Waals surface area contributed by atoms with E-state index in [1.165, 1.54) is 15.9 Å². The zero-order chi connectivity index (χ0) is 26.4. The summed E-state index contributed by atoms with van der Waals surface area (Å²) in [5.41, 5.74) is 9.54. The lowest BCUT2D eigenvalue weighted by Crippen LogP contribution is -2.46. The Kier molecular flexibility index (Phi) is 6.82. The molecule has 200 valence electrons. The van der Waals surface area contributed by atoms with Crippen LogP contribution in [0.4, 0.5) is 11.5 Å². The second-order valence-electron chi connectivity index (χ2n) is 11.4. The molecule has 2 amide bonds. The molecule has 2 atom stereocenters. The van der Waals surface area contributed by atoms with Crippen LogP contribution in [0.5, 0.6) is 0 Å². The average Bonchev–Trinajstić information content (AvgIpc) is 3.67. The summed E-state index contributed by atoms with van der Waals surface area (Å²) >= 11 is 1.79. The highest BCUT2D eigenvalue weighted by atomic mass is 32.1. The van der Waals surface area contributed by atoms with Crippen LogP contribution in [0, 0.1) is 5.92 Å². The van der Waals surface area contributed by atoms with Gasteiger partial charge in [-0.15, -0.1) is 11.3 Å². The summed E-state index contributed by atoms with van der Waals surface area (Å²) in [4.78, 5) is 40.0. The fraction of sp³-hybridized carbons (Fsp3) is 0.517. The van der Waals surface area contributed by atoms with Gasteiger partial charge < -0.3 is 20.9 Å². The van der Waals surface area contributed by atoms with Gasteiger partial charge in [-0.25, -0.2) is 9.97 Å². The molecule has 0 bridgehead atoms. The van der Waals surface area contributed by atoms with Crippen LogP contribution in [0.3, 0.4) is 0 Å². The highest BCUT2D eigenvalue weighted by Crippen LogP contribution is 2.43. The van der Waals surface area contributed by atoms with Crippen molar-refractivity contribution in [3.8, 4) is 0 Å². The molecule has 0 spiro atoms. The molecule has 2 aromatic heterocycles. The minimum atomic E-state index is -0.628. The predicted octanol–water partition coefficient (Wildman–Crippen LogP) is 4.90. The van der Waals surface area contributed by atoms with Gasteiger partial charge in [0, 0.05) is 12.5 Å². The number of hydrogen-bond acceptors (Lipinski definition) is 7. The molecule has 2 saturated heterocycles. The lowest BCUT2D eigenvalue weighted by Gasteiger charge is -2.38. The first-order valence-electron chi connectivity index (χ1n) is 13.8. The maximum Gasteiger partial charge on any atom is 0.313 e. The van der Waals surface area contributed by atoms with E-state index in [4.69, 9.17) is 10.7 Å². The molecule has 1 aromatic carbocycles. The molecule has 4 heterocycles. The fourth-order valence-electron chi connectivity index (χ4n) is 5.92. The number of anilines is 2. The van der Waals surface area contributed by atoms with Gasteiger partial charge >= 0.3 is 11.8 Å². The molecule has 3 aliphatic rings. The van der Waals surface area contributed by atoms with Gasteiger partial charge in [-0.1, -0.05) is 13.0 Å². The van der Waals surface area contributed by atoms with Crippen LogP contribution in [-0.4, -0.2) is 58.3 Å². The molecule has 9 heteroatoms. The number of nitrogens with zero attached hydrogens (tertiary/aromatic N) is 4. The van der Waals surface area contributed by atoms with E-state index in [1.54, 1.807) is 16.2 Å². The number of likely N-dealkylation sites (tertiary alicyclic amines) is 2. The van der Waals surface area contributed by atoms with Crippen molar-refractivity contribution in [2.45, 2.75) is 63.3 Å². The molecular formula is C29H36N6O2S. The largest absolute Gasteiger partial charge is 0.383 e. The molecule has 3 aromatic rings. The molecule has 1 saturated carbocycles. The molecule has 38 heavy (non-hydrogen) atoms. The molecule has 8 nitrogen and oxygen atoms in total. The van der Waals surface area contributed by atoms with E-state index in [0.717, 1.165) is 68.3 Å². The van der Waals surface area contributed by atoms with Gasteiger partial charge in [-0.3, -0.25) is 9.59 Å². The lowest BCUT2D eigenvalue weighted by atomic mass is 9.89. The van der Waals surface area contributed by atoms with E-state index in [1.807, 2.05) is 6.07 Å². The Morgan fingerprint density at radius 2 is 1.84 bits per heavy atom. The summed E-state index contributed by atoms with van der Waals surface area (Å²) in [6.07, 6.45) is 7.82. The summed E-state index contributed by atoms with van der Waals surface area (Å²) in [6, 6.07) is 8.10. The Hall–Kier alpha value is -3.04. The first-order valence-corrected chi connectivity index (χ1v) is 14.6. The third-order valence-electron chi connectivity index (χ3n) is 8.38. The van der Waals surface area contributed by atoms with Crippen molar-refractivity contribution in [3.05, 3.63) is 46.6 Å². The number of carbonyl (C=O) groups excluding carboxylic acids is 2. The van der Waals surface area contributed by atoms with E-state index in [-0.39, 0.29) is 6.04 Å². The van der Waals surface area contributed by atoms with Gasteiger partial charge in [0.2, 0.25) is 0 Å². The van der Waals surface area contributed by atoms with Crippen molar-refractivity contribution in [2.75, 3.05) is 37.7 Å². The summed E-state index contributed by atoms with van der Waals surface area (Å²) < 4.78 is 1.18. The van der Waals surface area contributed by atoms with Crippen LogP contribution in [0.2, 0.25) is 0 Å². The summed E-state index contributed by atoms with van der Waals surface area (Å²) in [5, 5.41) is 4.01. The van der Waals surface area contributed by atoms with Crippen molar-refractivity contribution in [2.24, 2.45) is 5.92 Å².